The Labute approximate surface area is 379 Å². The molecule has 302 valence electrons. The first-order valence-corrected chi connectivity index (χ1v) is 22.8. The van der Waals surface area contributed by atoms with Crippen LogP contribution in [0.2, 0.25) is 0 Å². The highest BCUT2D eigenvalue weighted by atomic mass is 15.1. The zero-order valence-corrected chi connectivity index (χ0v) is 35.6. The third-order valence-electron chi connectivity index (χ3n) is 14.9. The van der Waals surface area contributed by atoms with Crippen molar-refractivity contribution in [2.45, 2.75) is 10.8 Å². The fourth-order valence-electron chi connectivity index (χ4n) is 12.4. The Balaban J connectivity index is 1.07. The van der Waals surface area contributed by atoms with E-state index in [0.717, 1.165) is 17.1 Å². The zero-order chi connectivity index (χ0) is 42.7. The number of hydrogen-bond acceptors (Lipinski definition) is 1. The van der Waals surface area contributed by atoms with Crippen molar-refractivity contribution in [3.05, 3.63) is 293 Å². The molecule has 0 bridgehead atoms. The van der Waals surface area contributed by atoms with Crippen LogP contribution in [-0.2, 0) is 10.8 Å². The summed E-state index contributed by atoms with van der Waals surface area (Å²) in [6, 6.07) is 93.3. The second kappa shape index (κ2) is 13.6. The maximum absolute atomic E-state index is 2.55. The molecule has 0 N–H and O–H groups in total. The molecule has 11 aromatic rings. The van der Waals surface area contributed by atoms with Crippen LogP contribution in [0, 0.1) is 0 Å². The molecule has 3 aliphatic carbocycles. The molecule has 1 nitrogen and oxygen atoms in total. The van der Waals surface area contributed by atoms with Gasteiger partial charge in [-0.05, 0) is 124 Å². The van der Waals surface area contributed by atoms with E-state index >= 15 is 0 Å². The molecule has 0 saturated carbocycles. The Morgan fingerprint density at radius 3 is 1.26 bits per heavy atom. The molecular weight excluding hydrogens is 783 g/mol. The summed E-state index contributed by atoms with van der Waals surface area (Å²) in [6.07, 6.45) is 0. The summed E-state index contributed by atoms with van der Waals surface area (Å²) in [5, 5.41) is 4.93. The smallest absolute Gasteiger partial charge is 0.0726 e. The topological polar surface area (TPSA) is 3.24 Å². The molecular formula is C64H41N. The van der Waals surface area contributed by atoms with Crippen LogP contribution in [0.5, 0.6) is 0 Å². The summed E-state index contributed by atoms with van der Waals surface area (Å²) in [4.78, 5) is 2.55. The van der Waals surface area contributed by atoms with Crippen LogP contribution in [-0.4, -0.2) is 0 Å². The van der Waals surface area contributed by atoms with Crippen molar-refractivity contribution in [3.63, 3.8) is 0 Å². The first-order valence-electron chi connectivity index (χ1n) is 22.8. The van der Waals surface area contributed by atoms with Gasteiger partial charge in [0.2, 0.25) is 0 Å². The minimum Gasteiger partial charge on any atom is -0.310 e. The van der Waals surface area contributed by atoms with Crippen LogP contribution < -0.4 is 4.90 Å². The van der Waals surface area contributed by atoms with Crippen molar-refractivity contribution < 1.29 is 0 Å². The molecule has 11 aromatic carbocycles. The van der Waals surface area contributed by atoms with E-state index in [-0.39, 0.29) is 0 Å². The van der Waals surface area contributed by atoms with Crippen LogP contribution in [0.25, 0.3) is 54.9 Å². The Bertz CT molecular complexity index is 3630. The first kappa shape index (κ1) is 36.2. The van der Waals surface area contributed by atoms with Crippen LogP contribution in [0.4, 0.5) is 17.1 Å². The molecule has 0 atom stereocenters. The van der Waals surface area contributed by atoms with Gasteiger partial charge in [-0.3, -0.25) is 0 Å². The monoisotopic (exact) mass is 823 g/mol. The Morgan fingerprint density at radius 1 is 0.246 bits per heavy atom. The molecule has 0 fully saturated rings. The van der Waals surface area contributed by atoms with Gasteiger partial charge < -0.3 is 4.90 Å². The summed E-state index contributed by atoms with van der Waals surface area (Å²) >= 11 is 0. The Hall–Kier alpha value is -8.26. The summed E-state index contributed by atoms with van der Waals surface area (Å²) < 4.78 is 0. The number of nitrogens with zero attached hydrogens (tertiary/aromatic N) is 1. The van der Waals surface area contributed by atoms with Gasteiger partial charge in [-0.15, -0.1) is 0 Å². The summed E-state index contributed by atoms with van der Waals surface area (Å²) in [7, 11) is 0. The van der Waals surface area contributed by atoms with Crippen molar-refractivity contribution in [1.29, 1.82) is 0 Å². The molecule has 0 aliphatic heterocycles. The molecule has 0 radical (unpaired) electrons. The quantitative estimate of drug-likeness (QED) is 0.156. The van der Waals surface area contributed by atoms with E-state index in [4.69, 9.17) is 0 Å². The van der Waals surface area contributed by atoms with Gasteiger partial charge in [0.1, 0.15) is 0 Å². The van der Waals surface area contributed by atoms with E-state index in [0.29, 0.717) is 0 Å². The third-order valence-corrected chi connectivity index (χ3v) is 14.9. The number of hydrogen-bond donors (Lipinski definition) is 0. The highest BCUT2D eigenvalue weighted by Gasteiger charge is 2.52. The normalized spacial score (nSPS) is 14.1. The second-order valence-corrected chi connectivity index (χ2v) is 17.9. The zero-order valence-electron chi connectivity index (χ0n) is 35.6. The lowest BCUT2D eigenvalue weighted by atomic mass is 9.68. The van der Waals surface area contributed by atoms with Gasteiger partial charge >= 0.3 is 0 Å². The van der Waals surface area contributed by atoms with Gasteiger partial charge in [0.15, 0.2) is 0 Å². The minimum absolute atomic E-state index is 0.464. The third kappa shape index (κ3) is 4.77. The van der Waals surface area contributed by atoms with E-state index in [1.165, 1.54) is 99.4 Å². The fourth-order valence-corrected chi connectivity index (χ4v) is 12.4. The largest absolute Gasteiger partial charge is 0.310 e. The number of fused-ring (bicyclic) bond motifs is 16. The molecule has 0 aromatic heterocycles. The van der Waals surface area contributed by atoms with E-state index < -0.39 is 10.8 Å². The van der Waals surface area contributed by atoms with E-state index in [1.807, 2.05) is 0 Å². The van der Waals surface area contributed by atoms with E-state index in [2.05, 4.69) is 254 Å². The van der Waals surface area contributed by atoms with Gasteiger partial charge in [-0.25, -0.2) is 0 Å². The number of rotatable bonds is 5. The first-order chi connectivity index (χ1) is 32.3. The standard InChI is InChI=1S/C64H41N/c1-3-20-43(21-4-1)63(44-22-5-2-6-23-44)56-31-15-14-29-52(56)55-40-45(36-38-60(55)63)65(62-39-42-19-7-8-24-47(42)48-25-9-10-30-54(48)62)46-35-37-53-51-28-13-18-34-59(51)64(61(53)41-46)57-32-16-11-26-49(57)50-27-12-17-33-58(50)64/h1-41H. The summed E-state index contributed by atoms with van der Waals surface area (Å²) in [5.41, 5.74) is 20.7. The number of anilines is 3. The van der Waals surface area contributed by atoms with Crippen LogP contribution >= 0.6 is 0 Å². The molecule has 3 aliphatic rings. The highest BCUT2D eigenvalue weighted by Crippen LogP contribution is 2.64. The van der Waals surface area contributed by atoms with Crippen molar-refractivity contribution in [2.75, 3.05) is 4.90 Å². The molecule has 0 unspecified atom stereocenters. The van der Waals surface area contributed by atoms with Gasteiger partial charge in [0.05, 0.1) is 16.5 Å². The summed E-state index contributed by atoms with van der Waals surface area (Å²) in [5.74, 6) is 0. The predicted molar refractivity (Wildman–Crippen MR) is 270 cm³/mol. The maximum atomic E-state index is 2.55. The van der Waals surface area contributed by atoms with Gasteiger partial charge in [0, 0.05) is 16.8 Å². The lowest BCUT2D eigenvalue weighted by Crippen LogP contribution is -2.28. The number of benzene rings is 11. The Morgan fingerprint density at radius 2 is 0.662 bits per heavy atom. The molecule has 65 heavy (non-hydrogen) atoms. The van der Waals surface area contributed by atoms with Gasteiger partial charge in [0.25, 0.3) is 0 Å². The summed E-state index contributed by atoms with van der Waals surface area (Å²) in [6.45, 7) is 0. The predicted octanol–water partition coefficient (Wildman–Crippen LogP) is 16.2. The average molecular weight is 824 g/mol. The molecule has 0 heterocycles. The maximum Gasteiger partial charge on any atom is 0.0726 e. The molecule has 1 spiro atoms. The molecule has 1 heteroatoms. The Kier molecular flexibility index (Phi) is 7.59. The van der Waals surface area contributed by atoms with E-state index in [9.17, 15) is 0 Å². The second-order valence-electron chi connectivity index (χ2n) is 17.9. The lowest BCUT2D eigenvalue weighted by molar-refractivity contribution is 0.768. The highest BCUT2D eigenvalue weighted by molar-refractivity contribution is 6.15. The van der Waals surface area contributed by atoms with Crippen molar-refractivity contribution >= 4 is 38.6 Å². The molecule has 14 rings (SSSR count). The van der Waals surface area contributed by atoms with Gasteiger partial charge in [-0.1, -0.05) is 218 Å². The molecule has 0 amide bonds. The molecule has 0 saturated heterocycles. The SMILES string of the molecule is c1ccc(C2(c3ccccc3)c3ccccc3-c3cc(N(c4ccc5c(c4)C4(c6ccccc6-c6ccccc64)c4ccccc4-5)c4cc5ccccc5c5ccccc45)ccc32)cc1. The van der Waals surface area contributed by atoms with Crippen LogP contribution in [0.15, 0.2) is 249 Å². The van der Waals surface area contributed by atoms with Crippen LogP contribution in [0.3, 0.4) is 0 Å². The van der Waals surface area contributed by atoms with E-state index in [1.54, 1.807) is 0 Å². The fraction of sp³-hybridized carbons (Fsp3) is 0.0312. The average Bonchev–Trinajstić information content (AvgIpc) is 3.97. The van der Waals surface area contributed by atoms with Crippen molar-refractivity contribution in [3.8, 4) is 33.4 Å². The van der Waals surface area contributed by atoms with Gasteiger partial charge in [-0.2, -0.15) is 0 Å². The minimum atomic E-state index is -0.484. The van der Waals surface area contributed by atoms with Crippen LogP contribution in [0.1, 0.15) is 44.5 Å². The van der Waals surface area contributed by atoms with Crippen molar-refractivity contribution in [1.82, 2.24) is 0 Å². The van der Waals surface area contributed by atoms with Crippen molar-refractivity contribution in [2.24, 2.45) is 0 Å². The lowest BCUT2D eigenvalue weighted by Gasteiger charge is -2.34.